The Morgan fingerprint density at radius 1 is 1.24 bits per heavy atom. The second-order valence-corrected chi connectivity index (χ2v) is 6.97. The lowest BCUT2D eigenvalue weighted by molar-refractivity contribution is -0.384. The fraction of sp³-hybridized carbons (Fsp3) is 0.286. The number of non-ortho nitro benzene ring substituents is 1. The molecule has 8 nitrogen and oxygen atoms in total. The van der Waals surface area contributed by atoms with Gasteiger partial charge in [-0.05, 0) is 25.0 Å². The minimum Gasteiger partial charge on any atom is -0.340 e. The molecule has 2 unspecified atom stereocenters. The molecule has 0 aliphatic heterocycles. The van der Waals surface area contributed by atoms with Crippen molar-refractivity contribution in [3.8, 4) is 11.4 Å². The number of aromatic nitrogens is 2. The number of nitro benzene ring substituents is 1. The molecule has 1 N–H and O–H groups in total. The summed E-state index contributed by atoms with van der Waals surface area (Å²) in [7, 11) is 0. The van der Waals surface area contributed by atoms with E-state index in [0.29, 0.717) is 11.1 Å². The number of amides is 1. The van der Waals surface area contributed by atoms with Crippen molar-refractivity contribution < 1.29 is 14.2 Å². The lowest BCUT2D eigenvalue weighted by atomic mass is 9.98. The molecule has 1 amide bonds. The number of nitrogens with zero attached hydrogens (tertiary/aromatic N) is 3. The Kier molecular flexibility index (Phi) is 6.01. The molecule has 2 aromatic carbocycles. The third-order valence-electron chi connectivity index (χ3n) is 4.84. The quantitative estimate of drug-likeness (QED) is 0.467. The van der Waals surface area contributed by atoms with E-state index in [-0.39, 0.29) is 29.2 Å². The third kappa shape index (κ3) is 4.66. The highest BCUT2D eigenvalue weighted by atomic mass is 16.6. The first kappa shape index (κ1) is 20.2. The van der Waals surface area contributed by atoms with Gasteiger partial charge in [0.1, 0.15) is 6.04 Å². The highest BCUT2D eigenvalue weighted by Gasteiger charge is 2.27. The maximum atomic E-state index is 12.7. The minimum absolute atomic E-state index is 0.0443. The van der Waals surface area contributed by atoms with Gasteiger partial charge in [-0.25, -0.2) is 0 Å². The van der Waals surface area contributed by atoms with Gasteiger partial charge < -0.3 is 9.84 Å². The van der Waals surface area contributed by atoms with Crippen LogP contribution in [0.4, 0.5) is 5.69 Å². The highest BCUT2D eigenvalue weighted by molar-refractivity contribution is 5.94. The number of nitrogens with one attached hydrogen (secondary N) is 1. The van der Waals surface area contributed by atoms with Gasteiger partial charge in [-0.15, -0.1) is 0 Å². The summed E-state index contributed by atoms with van der Waals surface area (Å²) in [5, 5.41) is 17.9. The van der Waals surface area contributed by atoms with E-state index in [4.69, 9.17) is 4.52 Å². The number of benzene rings is 2. The molecule has 150 valence electrons. The molecule has 0 aliphatic carbocycles. The number of carbonyl (C=O) groups excluding carboxylic acids is 1. The van der Waals surface area contributed by atoms with Gasteiger partial charge in [0.25, 0.3) is 11.6 Å². The van der Waals surface area contributed by atoms with Gasteiger partial charge in [0, 0.05) is 23.3 Å². The van der Waals surface area contributed by atoms with Gasteiger partial charge in [-0.3, -0.25) is 14.9 Å². The normalized spacial score (nSPS) is 12.9. The van der Waals surface area contributed by atoms with E-state index in [9.17, 15) is 14.9 Å². The van der Waals surface area contributed by atoms with Crippen molar-refractivity contribution in [1.82, 2.24) is 15.5 Å². The van der Waals surface area contributed by atoms with Gasteiger partial charge in [0.05, 0.1) is 4.92 Å². The standard InChI is InChI=1S/C21H22N4O4/c1-4-14(3)18(22-20(26)15-10-8-13(2)9-11-15)21-23-19(24-29-21)16-6-5-7-17(12-16)25(27)28/h5-12,14,18H,4H2,1-3H3,(H,22,26). The number of rotatable bonds is 7. The lowest BCUT2D eigenvalue weighted by Gasteiger charge is -2.20. The van der Waals surface area contributed by atoms with E-state index in [1.54, 1.807) is 24.3 Å². The molecule has 0 spiro atoms. The molecule has 1 aromatic heterocycles. The average molecular weight is 394 g/mol. The van der Waals surface area contributed by atoms with Crippen LogP contribution in [-0.2, 0) is 0 Å². The van der Waals surface area contributed by atoms with E-state index in [2.05, 4.69) is 15.5 Å². The predicted molar refractivity (Wildman–Crippen MR) is 107 cm³/mol. The van der Waals surface area contributed by atoms with Gasteiger partial charge in [0.15, 0.2) is 0 Å². The number of aryl methyl sites for hydroxylation is 1. The summed E-state index contributed by atoms with van der Waals surface area (Å²) in [6.07, 6.45) is 0.785. The molecular weight excluding hydrogens is 372 g/mol. The van der Waals surface area contributed by atoms with Gasteiger partial charge in [-0.2, -0.15) is 4.98 Å². The molecule has 0 saturated carbocycles. The Morgan fingerprint density at radius 3 is 2.62 bits per heavy atom. The zero-order valence-electron chi connectivity index (χ0n) is 16.5. The fourth-order valence-electron chi connectivity index (χ4n) is 2.85. The summed E-state index contributed by atoms with van der Waals surface area (Å²) < 4.78 is 5.41. The average Bonchev–Trinajstić information content (AvgIpc) is 3.21. The van der Waals surface area contributed by atoms with Crippen LogP contribution in [-0.4, -0.2) is 21.0 Å². The van der Waals surface area contributed by atoms with Crippen molar-refractivity contribution in [2.75, 3.05) is 0 Å². The Hall–Kier alpha value is -3.55. The smallest absolute Gasteiger partial charge is 0.270 e. The molecule has 8 heteroatoms. The second kappa shape index (κ2) is 8.64. The Bertz CT molecular complexity index is 1010. The number of carbonyl (C=O) groups is 1. The van der Waals surface area contributed by atoms with E-state index in [1.807, 2.05) is 32.9 Å². The third-order valence-corrected chi connectivity index (χ3v) is 4.84. The summed E-state index contributed by atoms with van der Waals surface area (Å²) in [5.41, 5.74) is 2.03. The molecule has 0 saturated heterocycles. The maximum Gasteiger partial charge on any atom is 0.270 e. The van der Waals surface area contributed by atoms with Crippen molar-refractivity contribution in [1.29, 1.82) is 0 Å². The maximum absolute atomic E-state index is 12.7. The van der Waals surface area contributed by atoms with Crippen LogP contribution in [0.2, 0.25) is 0 Å². The molecule has 0 aliphatic rings. The molecule has 0 radical (unpaired) electrons. The molecule has 1 heterocycles. The van der Waals surface area contributed by atoms with Crippen LogP contribution in [0, 0.1) is 23.0 Å². The molecule has 29 heavy (non-hydrogen) atoms. The van der Waals surface area contributed by atoms with Crippen molar-refractivity contribution in [2.24, 2.45) is 5.92 Å². The van der Waals surface area contributed by atoms with Crippen LogP contribution >= 0.6 is 0 Å². The van der Waals surface area contributed by atoms with Crippen molar-refractivity contribution in [2.45, 2.75) is 33.2 Å². The number of nitro groups is 1. The SMILES string of the molecule is CCC(C)C(NC(=O)c1ccc(C)cc1)c1nc(-c2cccc([N+](=O)[O-])c2)no1. The topological polar surface area (TPSA) is 111 Å². The Morgan fingerprint density at radius 2 is 1.97 bits per heavy atom. The molecule has 2 atom stereocenters. The molecule has 0 bridgehead atoms. The molecule has 3 rings (SSSR count). The van der Waals surface area contributed by atoms with Crippen molar-refractivity contribution >= 4 is 11.6 Å². The predicted octanol–water partition coefficient (Wildman–Crippen LogP) is 4.47. The fourth-order valence-corrected chi connectivity index (χ4v) is 2.85. The lowest BCUT2D eigenvalue weighted by Crippen LogP contribution is -2.32. The summed E-state index contributed by atoms with van der Waals surface area (Å²) in [4.78, 5) is 27.6. The zero-order chi connectivity index (χ0) is 21.0. The summed E-state index contributed by atoms with van der Waals surface area (Å²) in [6, 6.07) is 12.8. The second-order valence-electron chi connectivity index (χ2n) is 6.97. The van der Waals surface area contributed by atoms with Crippen LogP contribution in [0.15, 0.2) is 53.1 Å². The Labute approximate surface area is 168 Å². The zero-order valence-corrected chi connectivity index (χ0v) is 16.5. The van der Waals surface area contributed by atoms with E-state index in [0.717, 1.165) is 12.0 Å². The first-order valence-electron chi connectivity index (χ1n) is 9.35. The van der Waals surface area contributed by atoms with E-state index < -0.39 is 11.0 Å². The van der Waals surface area contributed by atoms with Crippen molar-refractivity contribution in [3.63, 3.8) is 0 Å². The van der Waals surface area contributed by atoms with Gasteiger partial charge in [0.2, 0.25) is 11.7 Å². The van der Waals surface area contributed by atoms with Crippen LogP contribution in [0.5, 0.6) is 0 Å². The Balaban J connectivity index is 1.86. The van der Waals surface area contributed by atoms with Crippen LogP contribution in [0.25, 0.3) is 11.4 Å². The number of hydrogen-bond acceptors (Lipinski definition) is 6. The molecule has 0 fully saturated rings. The first-order valence-corrected chi connectivity index (χ1v) is 9.35. The first-order chi connectivity index (χ1) is 13.9. The van der Waals surface area contributed by atoms with Crippen LogP contribution < -0.4 is 5.32 Å². The number of hydrogen-bond donors (Lipinski definition) is 1. The summed E-state index contributed by atoms with van der Waals surface area (Å²) >= 11 is 0. The largest absolute Gasteiger partial charge is 0.340 e. The van der Waals surface area contributed by atoms with Crippen molar-refractivity contribution in [3.05, 3.63) is 75.7 Å². The summed E-state index contributed by atoms with van der Waals surface area (Å²) in [6.45, 7) is 5.95. The summed E-state index contributed by atoms with van der Waals surface area (Å²) in [5.74, 6) is 0.316. The van der Waals surface area contributed by atoms with E-state index in [1.165, 1.54) is 12.1 Å². The van der Waals surface area contributed by atoms with Gasteiger partial charge in [-0.1, -0.05) is 55.3 Å². The monoisotopic (exact) mass is 394 g/mol. The minimum atomic E-state index is -0.478. The highest BCUT2D eigenvalue weighted by Crippen LogP contribution is 2.27. The van der Waals surface area contributed by atoms with Gasteiger partial charge >= 0.3 is 0 Å². The van der Waals surface area contributed by atoms with E-state index >= 15 is 0 Å². The van der Waals surface area contributed by atoms with Crippen LogP contribution in [0.1, 0.15) is 48.1 Å². The molecule has 3 aromatic rings. The molecular formula is C21H22N4O4. The van der Waals surface area contributed by atoms with Crippen LogP contribution in [0.3, 0.4) is 0 Å².